The molecule has 0 saturated heterocycles. The van der Waals surface area contributed by atoms with Gasteiger partial charge in [-0.25, -0.2) is 4.79 Å². The molecule has 0 radical (unpaired) electrons. The average molecular weight is 374 g/mol. The molecule has 0 aliphatic carbocycles. The Bertz CT molecular complexity index is 488. The zero-order valence-corrected chi connectivity index (χ0v) is 16.0. The summed E-state index contributed by atoms with van der Waals surface area (Å²) in [6, 6.07) is 0. The Morgan fingerprint density at radius 2 is 1.35 bits per heavy atom. The Labute approximate surface area is 154 Å². The lowest BCUT2D eigenvalue weighted by molar-refractivity contribution is -0.187. The molecule has 0 aliphatic rings. The Kier molecular flexibility index (Phi) is 11.5. The highest BCUT2D eigenvalue weighted by molar-refractivity contribution is 6.06. The molecule has 0 rings (SSSR count). The van der Waals surface area contributed by atoms with Gasteiger partial charge in [0.05, 0.1) is 26.2 Å². The van der Waals surface area contributed by atoms with E-state index in [0.29, 0.717) is 19.3 Å². The van der Waals surface area contributed by atoms with Crippen LogP contribution in [0.25, 0.3) is 0 Å². The molecule has 0 aromatic heterocycles. The first-order valence-electron chi connectivity index (χ1n) is 9.02. The number of esters is 3. The van der Waals surface area contributed by atoms with Gasteiger partial charge >= 0.3 is 17.9 Å². The molecule has 0 heterocycles. The average Bonchev–Trinajstić information content (AvgIpc) is 2.62. The molecule has 8 heteroatoms. The van der Waals surface area contributed by atoms with Crippen LogP contribution in [-0.4, -0.2) is 54.2 Å². The second-order valence-corrected chi connectivity index (χ2v) is 5.88. The second-order valence-electron chi connectivity index (χ2n) is 5.88. The lowest BCUT2D eigenvalue weighted by Gasteiger charge is -2.30. The number of rotatable bonds is 13. The molecule has 2 atom stereocenters. The van der Waals surface area contributed by atoms with Crippen molar-refractivity contribution in [3.8, 4) is 0 Å². The standard InChI is InChI=1S/C18H30O8/c1-5-9-24-14(20)12-18(23,17(22)26-11-7-3)15(13(19)8-4)16(21)25-10-6-2/h15,23H,5-12H2,1-4H3. The van der Waals surface area contributed by atoms with E-state index in [2.05, 4.69) is 0 Å². The summed E-state index contributed by atoms with van der Waals surface area (Å²) in [7, 11) is 0. The van der Waals surface area contributed by atoms with Crippen molar-refractivity contribution in [3.05, 3.63) is 0 Å². The van der Waals surface area contributed by atoms with Gasteiger partial charge in [0.1, 0.15) is 5.78 Å². The highest BCUT2D eigenvalue weighted by atomic mass is 16.6. The predicted octanol–water partition coefficient (Wildman–Crippen LogP) is 1.56. The van der Waals surface area contributed by atoms with Crippen molar-refractivity contribution in [2.75, 3.05) is 19.8 Å². The monoisotopic (exact) mass is 374 g/mol. The summed E-state index contributed by atoms with van der Waals surface area (Å²) in [5.74, 6) is -5.74. The van der Waals surface area contributed by atoms with Crippen molar-refractivity contribution >= 4 is 23.7 Å². The van der Waals surface area contributed by atoms with Gasteiger partial charge in [-0.1, -0.05) is 27.7 Å². The third-order valence-corrected chi connectivity index (χ3v) is 3.50. The topological polar surface area (TPSA) is 116 Å². The molecule has 0 aromatic carbocycles. The molecule has 0 aromatic rings. The van der Waals surface area contributed by atoms with E-state index in [4.69, 9.17) is 14.2 Å². The first-order chi connectivity index (χ1) is 12.3. The van der Waals surface area contributed by atoms with Crippen molar-refractivity contribution in [2.24, 2.45) is 5.92 Å². The van der Waals surface area contributed by atoms with Gasteiger partial charge in [0.25, 0.3) is 0 Å². The number of aliphatic hydroxyl groups is 1. The number of hydrogen-bond acceptors (Lipinski definition) is 8. The number of hydrogen-bond donors (Lipinski definition) is 1. The molecule has 0 amide bonds. The summed E-state index contributed by atoms with van der Waals surface area (Å²) in [4.78, 5) is 49.1. The van der Waals surface area contributed by atoms with E-state index in [1.165, 1.54) is 6.92 Å². The molecule has 150 valence electrons. The highest BCUT2D eigenvalue weighted by Crippen LogP contribution is 2.28. The largest absolute Gasteiger partial charge is 0.466 e. The van der Waals surface area contributed by atoms with E-state index >= 15 is 0 Å². The zero-order valence-electron chi connectivity index (χ0n) is 16.0. The van der Waals surface area contributed by atoms with E-state index in [1.807, 2.05) is 0 Å². The third-order valence-electron chi connectivity index (χ3n) is 3.50. The van der Waals surface area contributed by atoms with Crippen molar-refractivity contribution in [1.29, 1.82) is 0 Å². The number of Topliss-reactive ketones (excluding diaryl/α,β-unsaturated/α-hetero) is 1. The fraction of sp³-hybridized carbons (Fsp3) is 0.778. The molecule has 8 nitrogen and oxygen atoms in total. The Morgan fingerprint density at radius 3 is 1.85 bits per heavy atom. The number of carbonyl (C=O) groups is 4. The molecule has 2 unspecified atom stereocenters. The van der Waals surface area contributed by atoms with E-state index in [9.17, 15) is 24.3 Å². The van der Waals surface area contributed by atoms with Crippen LogP contribution in [0.1, 0.15) is 59.8 Å². The van der Waals surface area contributed by atoms with Crippen molar-refractivity contribution in [3.63, 3.8) is 0 Å². The lowest BCUT2D eigenvalue weighted by Crippen LogP contribution is -2.55. The maximum Gasteiger partial charge on any atom is 0.340 e. The normalized spacial score (nSPS) is 14.0. The molecule has 0 spiro atoms. The van der Waals surface area contributed by atoms with Crippen LogP contribution in [0.3, 0.4) is 0 Å². The smallest absolute Gasteiger partial charge is 0.340 e. The maximum atomic E-state index is 12.4. The van der Waals surface area contributed by atoms with Crippen LogP contribution in [0.5, 0.6) is 0 Å². The van der Waals surface area contributed by atoms with Gasteiger partial charge in [0.2, 0.25) is 0 Å². The van der Waals surface area contributed by atoms with Gasteiger partial charge in [0, 0.05) is 6.42 Å². The molecule has 0 bridgehead atoms. The fourth-order valence-corrected chi connectivity index (χ4v) is 2.18. The van der Waals surface area contributed by atoms with Gasteiger partial charge in [-0.3, -0.25) is 14.4 Å². The Morgan fingerprint density at radius 1 is 0.846 bits per heavy atom. The second kappa shape index (κ2) is 12.4. The first kappa shape index (κ1) is 24.0. The SMILES string of the molecule is CCCOC(=O)CC(O)(C(=O)OCCC)C(C(=O)CC)C(=O)OCCC. The van der Waals surface area contributed by atoms with Crippen LogP contribution >= 0.6 is 0 Å². The molecule has 0 fully saturated rings. The summed E-state index contributed by atoms with van der Waals surface area (Å²) >= 11 is 0. The minimum Gasteiger partial charge on any atom is -0.466 e. The van der Waals surface area contributed by atoms with Gasteiger partial charge in [0.15, 0.2) is 11.5 Å². The van der Waals surface area contributed by atoms with E-state index in [1.54, 1.807) is 20.8 Å². The van der Waals surface area contributed by atoms with Crippen molar-refractivity contribution in [1.82, 2.24) is 0 Å². The van der Waals surface area contributed by atoms with Crippen LogP contribution < -0.4 is 0 Å². The van der Waals surface area contributed by atoms with Crippen molar-refractivity contribution < 1.29 is 38.5 Å². The van der Waals surface area contributed by atoms with Crippen LogP contribution in [0.2, 0.25) is 0 Å². The van der Waals surface area contributed by atoms with Crippen LogP contribution in [0.4, 0.5) is 0 Å². The molecule has 1 N–H and O–H groups in total. The van der Waals surface area contributed by atoms with Gasteiger partial charge in [-0.15, -0.1) is 0 Å². The number of carbonyl (C=O) groups excluding carboxylic acids is 4. The fourth-order valence-electron chi connectivity index (χ4n) is 2.18. The van der Waals surface area contributed by atoms with E-state index in [-0.39, 0.29) is 26.2 Å². The first-order valence-corrected chi connectivity index (χ1v) is 9.02. The molecule has 26 heavy (non-hydrogen) atoms. The van der Waals surface area contributed by atoms with Crippen LogP contribution in [-0.2, 0) is 33.4 Å². The lowest BCUT2D eigenvalue weighted by atomic mass is 9.80. The Balaban J connectivity index is 5.76. The highest BCUT2D eigenvalue weighted by Gasteiger charge is 2.54. The number of ketones is 1. The minimum absolute atomic E-state index is 0.0205. The summed E-state index contributed by atoms with van der Waals surface area (Å²) in [6.07, 6.45) is 0.511. The van der Waals surface area contributed by atoms with Gasteiger partial charge in [-0.2, -0.15) is 0 Å². The number of ether oxygens (including phenoxy) is 3. The third kappa shape index (κ3) is 7.11. The van der Waals surface area contributed by atoms with Crippen molar-refractivity contribution in [2.45, 2.75) is 65.4 Å². The maximum absolute atomic E-state index is 12.4. The molecule has 0 aliphatic heterocycles. The summed E-state index contributed by atoms with van der Waals surface area (Å²) < 4.78 is 14.8. The molecular formula is C18H30O8. The van der Waals surface area contributed by atoms with Gasteiger partial charge in [-0.05, 0) is 19.3 Å². The van der Waals surface area contributed by atoms with Crippen LogP contribution in [0, 0.1) is 5.92 Å². The summed E-state index contributed by atoms with van der Waals surface area (Å²) in [6.45, 7) is 6.84. The Hall–Kier alpha value is -1.96. The van der Waals surface area contributed by atoms with E-state index in [0.717, 1.165) is 0 Å². The minimum atomic E-state index is -2.67. The quantitative estimate of drug-likeness (QED) is 0.293. The van der Waals surface area contributed by atoms with Crippen LogP contribution in [0.15, 0.2) is 0 Å². The van der Waals surface area contributed by atoms with E-state index < -0.39 is 41.6 Å². The molecular weight excluding hydrogens is 344 g/mol. The summed E-state index contributed by atoms with van der Waals surface area (Å²) in [5, 5.41) is 10.9. The van der Waals surface area contributed by atoms with Gasteiger partial charge < -0.3 is 19.3 Å². The molecule has 0 saturated carbocycles. The zero-order chi connectivity index (χ0) is 20.2. The predicted molar refractivity (Wildman–Crippen MR) is 92.1 cm³/mol. The summed E-state index contributed by atoms with van der Waals surface area (Å²) in [5.41, 5.74) is -2.67.